The number of aryl methyl sites for hydroxylation is 1. The summed E-state index contributed by atoms with van der Waals surface area (Å²) in [6.45, 7) is 3.83. The highest BCUT2D eigenvalue weighted by Crippen LogP contribution is 2.22. The normalized spacial score (nSPS) is 11.6. The van der Waals surface area contributed by atoms with Crippen LogP contribution in [0.5, 0.6) is 5.75 Å². The summed E-state index contributed by atoms with van der Waals surface area (Å²) < 4.78 is 5.19. The number of nitrogens with one attached hydrogen (secondary N) is 3. The third-order valence-electron chi connectivity index (χ3n) is 4.77. The van der Waals surface area contributed by atoms with Gasteiger partial charge in [-0.1, -0.05) is 24.3 Å². The Kier molecular flexibility index (Phi) is 6.36. The average molecular weight is 364 g/mol. The number of aromatic amines is 1. The summed E-state index contributed by atoms with van der Waals surface area (Å²) in [5.74, 6) is 1.72. The molecule has 3 aromatic rings. The molecule has 142 valence electrons. The van der Waals surface area contributed by atoms with Crippen molar-refractivity contribution in [3.63, 3.8) is 0 Å². The van der Waals surface area contributed by atoms with Crippen LogP contribution in [-0.2, 0) is 12.8 Å². The molecule has 0 saturated carbocycles. The predicted octanol–water partition coefficient (Wildman–Crippen LogP) is 3.44. The largest absolute Gasteiger partial charge is 0.497 e. The van der Waals surface area contributed by atoms with Crippen LogP contribution in [0, 0.1) is 6.92 Å². The molecule has 1 heterocycles. The van der Waals surface area contributed by atoms with Crippen molar-refractivity contribution in [2.45, 2.75) is 19.8 Å². The average Bonchev–Trinajstić information content (AvgIpc) is 3.12. The monoisotopic (exact) mass is 364 g/mol. The molecule has 0 saturated heterocycles. The number of guanidine groups is 1. The van der Waals surface area contributed by atoms with Crippen LogP contribution < -0.4 is 15.4 Å². The Morgan fingerprint density at radius 1 is 1.04 bits per heavy atom. The van der Waals surface area contributed by atoms with Crippen LogP contribution in [0.4, 0.5) is 0 Å². The summed E-state index contributed by atoms with van der Waals surface area (Å²) in [5.41, 5.74) is 5.12. The van der Waals surface area contributed by atoms with Gasteiger partial charge in [-0.05, 0) is 54.7 Å². The second kappa shape index (κ2) is 9.12. The molecule has 0 unspecified atom stereocenters. The number of aliphatic imine (C=N–C) groups is 1. The van der Waals surface area contributed by atoms with Crippen molar-refractivity contribution in [1.29, 1.82) is 0 Å². The van der Waals surface area contributed by atoms with Crippen molar-refractivity contribution in [2.24, 2.45) is 4.99 Å². The second-order valence-corrected chi connectivity index (χ2v) is 6.59. The maximum Gasteiger partial charge on any atom is 0.190 e. The highest BCUT2D eigenvalue weighted by atomic mass is 16.5. The lowest BCUT2D eigenvalue weighted by Gasteiger charge is -2.12. The SMILES string of the molecule is CN=C(NCCc1ccc(OC)cc1)NCCc1c[nH]c2cccc(C)c12. The molecule has 0 radical (unpaired) electrons. The summed E-state index contributed by atoms with van der Waals surface area (Å²) in [5, 5.41) is 8.11. The Balaban J connectivity index is 1.46. The van der Waals surface area contributed by atoms with Crippen molar-refractivity contribution in [2.75, 3.05) is 27.2 Å². The third-order valence-corrected chi connectivity index (χ3v) is 4.77. The molecule has 5 nitrogen and oxygen atoms in total. The minimum Gasteiger partial charge on any atom is -0.497 e. The number of hydrogen-bond acceptors (Lipinski definition) is 2. The first-order valence-electron chi connectivity index (χ1n) is 9.34. The van der Waals surface area contributed by atoms with E-state index in [0.717, 1.165) is 37.6 Å². The number of nitrogens with zero attached hydrogens (tertiary/aromatic N) is 1. The van der Waals surface area contributed by atoms with Gasteiger partial charge in [0.1, 0.15) is 5.75 Å². The van der Waals surface area contributed by atoms with Gasteiger partial charge in [0.2, 0.25) is 0 Å². The van der Waals surface area contributed by atoms with Crippen molar-refractivity contribution in [3.8, 4) is 5.75 Å². The number of benzene rings is 2. The minimum atomic E-state index is 0.832. The van der Waals surface area contributed by atoms with Gasteiger partial charge in [-0.3, -0.25) is 4.99 Å². The van der Waals surface area contributed by atoms with E-state index in [4.69, 9.17) is 4.74 Å². The zero-order valence-corrected chi connectivity index (χ0v) is 16.3. The number of ether oxygens (including phenoxy) is 1. The van der Waals surface area contributed by atoms with Crippen LogP contribution in [0.25, 0.3) is 10.9 Å². The number of aromatic nitrogens is 1. The highest BCUT2D eigenvalue weighted by Gasteiger charge is 2.06. The standard InChI is InChI=1S/C22H28N4O/c1-16-5-4-6-20-21(16)18(15-26-20)12-14-25-22(23-2)24-13-11-17-7-9-19(27-3)10-8-17/h4-10,15,26H,11-14H2,1-3H3,(H2,23,24,25). The van der Waals surface area contributed by atoms with E-state index < -0.39 is 0 Å². The van der Waals surface area contributed by atoms with Crippen molar-refractivity contribution >= 4 is 16.9 Å². The van der Waals surface area contributed by atoms with Gasteiger partial charge in [-0.15, -0.1) is 0 Å². The molecular formula is C22H28N4O. The van der Waals surface area contributed by atoms with E-state index in [1.165, 1.54) is 27.6 Å². The van der Waals surface area contributed by atoms with Crippen LogP contribution in [0.2, 0.25) is 0 Å². The van der Waals surface area contributed by atoms with E-state index in [-0.39, 0.29) is 0 Å². The van der Waals surface area contributed by atoms with Crippen molar-refractivity contribution < 1.29 is 4.74 Å². The van der Waals surface area contributed by atoms with Gasteiger partial charge in [-0.25, -0.2) is 0 Å². The molecular weight excluding hydrogens is 336 g/mol. The molecule has 3 N–H and O–H groups in total. The summed E-state index contributed by atoms with van der Waals surface area (Å²) in [7, 11) is 3.49. The first-order chi connectivity index (χ1) is 13.2. The Bertz CT molecular complexity index is 896. The topological polar surface area (TPSA) is 61.4 Å². The van der Waals surface area contributed by atoms with Gasteiger partial charge < -0.3 is 20.4 Å². The molecule has 0 amide bonds. The summed E-state index contributed by atoms with van der Waals surface area (Å²) in [6, 6.07) is 14.5. The Labute approximate surface area is 160 Å². The van der Waals surface area contributed by atoms with E-state index in [1.54, 1.807) is 14.2 Å². The molecule has 0 bridgehead atoms. The summed E-state index contributed by atoms with van der Waals surface area (Å²) in [6.07, 6.45) is 4.00. The molecule has 3 rings (SSSR count). The van der Waals surface area contributed by atoms with Crippen LogP contribution >= 0.6 is 0 Å². The highest BCUT2D eigenvalue weighted by molar-refractivity contribution is 5.86. The maximum absolute atomic E-state index is 5.19. The van der Waals surface area contributed by atoms with Crippen LogP contribution in [0.15, 0.2) is 53.7 Å². The van der Waals surface area contributed by atoms with E-state index in [0.29, 0.717) is 0 Å². The van der Waals surface area contributed by atoms with Crippen LogP contribution in [-0.4, -0.2) is 38.2 Å². The number of rotatable bonds is 7. The number of H-pyrrole nitrogens is 1. The van der Waals surface area contributed by atoms with Gasteiger partial charge in [0, 0.05) is 37.2 Å². The van der Waals surface area contributed by atoms with E-state index in [2.05, 4.69) is 64.1 Å². The van der Waals surface area contributed by atoms with Gasteiger partial charge in [0.05, 0.1) is 7.11 Å². The fraction of sp³-hybridized carbons (Fsp3) is 0.318. The number of hydrogen-bond donors (Lipinski definition) is 3. The zero-order chi connectivity index (χ0) is 19.1. The van der Waals surface area contributed by atoms with Crippen molar-refractivity contribution in [3.05, 3.63) is 65.4 Å². The Hall–Kier alpha value is -2.95. The molecule has 2 aromatic carbocycles. The lowest BCUT2D eigenvalue weighted by molar-refractivity contribution is 0.414. The first-order valence-corrected chi connectivity index (χ1v) is 9.34. The van der Waals surface area contributed by atoms with Crippen LogP contribution in [0.1, 0.15) is 16.7 Å². The molecule has 1 aromatic heterocycles. The van der Waals surface area contributed by atoms with Gasteiger partial charge >= 0.3 is 0 Å². The second-order valence-electron chi connectivity index (χ2n) is 6.59. The first kappa shape index (κ1) is 18.8. The van der Waals surface area contributed by atoms with Crippen molar-refractivity contribution in [1.82, 2.24) is 15.6 Å². The van der Waals surface area contributed by atoms with Gasteiger partial charge in [0.25, 0.3) is 0 Å². The van der Waals surface area contributed by atoms with Gasteiger partial charge in [-0.2, -0.15) is 0 Å². The molecule has 0 aliphatic rings. The van der Waals surface area contributed by atoms with Gasteiger partial charge in [0.15, 0.2) is 5.96 Å². The summed E-state index contributed by atoms with van der Waals surface area (Å²) in [4.78, 5) is 7.67. The van der Waals surface area contributed by atoms with E-state index >= 15 is 0 Å². The molecule has 0 aliphatic heterocycles. The number of fused-ring (bicyclic) bond motifs is 1. The number of methoxy groups -OCH3 is 1. The fourth-order valence-electron chi connectivity index (χ4n) is 3.30. The third kappa shape index (κ3) is 4.82. The maximum atomic E-state index is 5.19. The smallest absolute Gasteiger partial charge is 0.190 e. The summed E-state index contributed by atoms with van der Waals surface area (Å²) >= 11 is 0. The lowest BCUT2D eigenvalue weighted by atomic mass is 10.1. The molecule has 27 heavy (non-hydrogen) atoms. The lowest BCUT2D eigenvalue weighted by Crippen LogP contribution is -2.39. The van der Waals surface area contributed by atoms with E-state index in [1.807, 2.05) is 12.1 Å². The molecule has 0 atom stereocenters. The van der Waals surface area contributed by atoms with E-state index in [9.17, 15) is 0 Å². The van der Waals surface area contributed by atoms with Crippen LogP contribution in [0.3, 0.4) is 0 Å². The predicted molar refractivity (Wildman–Crippen MR) is 113 cm³/mol. The zero-order valence-electron chi connectivity index (χ0n) is 16.3. The Morgan fingerprint density at radius 2 is 1.78 bits per heavy atom. The molecule has 5 heteroatoms. The quantitative estimate of drug-likeness (QED) is 0.445. The fourth-order valence-corrected chi connectivity index (χ4v) is 3.30. The minimum absolute atomic E-state index is 0.832. The molecule has 0 spiro atoms. The molecule has 0 aliphatic carbocycles. The Morgan fingerprint density at radius 3 is 2.48 bits per heavy atom. The molecule has 0 fully saturated rings.